The van der Waals surface area contributed by atoms with Gasteiger partial charge in [0.15, 0.2) is 5.41 Å². The van der Waals surface area contributed by atoms with E-state index < -0.39 is 23.3 Å². The SMILES string of the molecule is CN1C(C)(C)CC(C(CCCC(C2CC(C)(C)N(C)C(C)(C)C2)(C2CC(C)(C)N(C)C(C)(C)C2)C2CC(C)(C)N(C)C(C)(C)C2)(C(=O)O)C(=O)O)CC1(C)C. The summed E-state index contributed by atoms with van der Waals surface area (Å²) >= 11 is 0. The predicted molar refractivity (Wildman–Crippen MR) is 229 cm³/mol. The fourth-order valence-electron chi connectivity index (χ4n) is 14.1. The second-order valence-electron chi connectivity index (χ2n) is 24.7. The van der Waals surface area contributed by atoms with Crippen molar-refractivity contribution < 1.29 is 19.8 Å². The first-order chi connectivity index (χ1) is 24.5. The van der Waals surface area contributed by atoms with Crippen molar-refractivity contribution >= 4 is 11.9 Å². The molecule has 0 saturated carbocycles. The summed E-state index contributed by atoms with van der Waals surface area (Å²) in [7, 11) is 9.02. The largest absolute Gasteiger partial charge is 0.480 e. The van der Waals surface area contributed by atoms with Gasteiger partial charge in [0.2, 0.25) is 0 Å². The van der Waals surface area contributed by atoms with Crippen LogP contribution in [0.1, 0.15) is 181 Å². The Bertz CT molecular complexity index is 1250. The first-order valence-electron chi connectivity index (χ1n) is 21.9. The number of rotatable bonds is 10. The predicted octanol–water partition coefficient (Wildman–Crippen LogP) is 9.89. The van der Waals surface area contributed by atoms with Crippen LogP contribution >= 0.6 is 0 Å². The van der Waals surface area contributed by atoms with Crippen LogP contribution in [0.4, 0.5) is 0 Å². The molecule has 8 nitrogen and oxygen atoms in total. The molecule has 0 aromatic carbocycles. The lowest BCUT2D eigenvalue weighted by Crippen LogP contribution is -2.68. The summed E-state index contributed by atoms with van der Waals surface area (Å²) in [6, 6.07) is 0. The van der Waals surface area contributed by atoms with Gasteiger partial charge in [-0.15, -0.1) is 0 Å². The van der Waals surface area contributed by atoms with Gasteiger partial charge in [0.1, 0.15) is 0 Å². The maximum Gasteiger partial charge on any atom is 0.321 e. The molecular formula is C47H88N4O4. The average Bonchev–Trinajstić information content (AvgIpc) is 2.98. The second-order valence-corrected chi connectivity index (χ2v) is 24.7. The maximum absolute atomic E-state index is 13.7. The lowest BCUT2D eigenvalue weighted by Gasteiger charge is -2.67. The standard InChI is InChI=1S/C47H88N4O4/c1-38(2)24-32(25-39(3,4)48(38)17)46(33-26-40(5,6)49(18)41(7,8)27-33,34-28-42(9,10)50(19)43(11,12)29-34)22-21-23-47(36(52)53,37(54)55)35-30-44(13,14)51(20)45(15,16)31-35/h32-35H,21-31H2,1-20H3,(H,52,53)(H,54,55). The van der Waals surface area contributed by atoms with Gasteiger partial charge in [0.25, 0.3) is 0 Å². The van der Waals surface area contributed by atoms with Crippen molar-refractivity contribution in [3.8, 4) is 0 Å². The fraction of sp³-hybridized carbons (Fsp3) is 0.957. The van der Waals surface area contributed by atoms with Gasteiger partial charge < -0.3 is 10.2 Å². The molecule has 0 spiro atoms. The number of likely N-dealkylation sites (tertiary alicyclic amines) is 4. The summed E-state index contributed by atoms with van der Waals surface area (Å²) in [5, 5.41) is 22.4. The Morgan fingerprint density at radius 3 is 0.818 bits per heavy atom. The van der Waals surface area contributed by atoms with Gasteiger partial charge in [-0.05, 0) is 232 Å². The minimum Gasteiger partial charge on any atom is -0.480 e. The Hall–Kier alpha value is -1.22. The topological polar surface area (TPSA) is 87.6 Å². The van der Waals surface area contributed by atoms with Gasteiger partial charge in [0, 0.05) is 44.3 Å². The molecule has 0 aromatic heterocycles. The van der Waals surface area contributed by atoms with Crippen molar-refractivity contribution in [1.29, 1.82) is 0 Å². The van der Waals surface area contributed by atoms with E-state index in [9.17, 15) is 19.8 Å². The first-order valence-corrected chi connectivity index (χ1v) is 21.9. The van der Waals surface area contributed by atoms with E-state index in [1.54, 1.807) is 0 Å². The fourth-order valence-corrected chi connectivity index (χ4v) is 14.1. The van der Waals surface area contributed by atoms with Crippen LogP contribution < -0.4 is 0 Å². The molecule has 4 heterocycles. The third kappa shape index (κ3) is 7.96. The van der Waals surface area contributed by atoms with Crippen molar-refractivity contribution in [1.82, 2.24) is 19.6 Å². The Kier molecular flexibility index (Phi) is 12.0. The summed E-state index contributed by atoms with van der Waals surface area (Å²) in [6.45, 7) is 37.8. The second kappa shape index (κ2) is 14.2. The van der Waals surface area contributed by atoms with Gasteiger partial charge in [0.05, 0.1) is 0 Å². The highest BCUT2D eigenvalue weighted by molar-refractivity contribution is 5.98. The number of carbonyl (C=O) groups is 2. The van der Waals surface area contributed by atoms with Crippen LogP contribution in [0.25, 0.3) is 0 Å². The van der Waals surface area contributed by atoms with Crippen LogP contribution in [0, 0.1) is 34.5 Å². The molecule has 4 fully saturated rings. The molecule has 0 atom stereocenters. The van der Waals surface area contributed by atoms with Gasteiger partial charge in [-0.1, -0.05) is 6.42 Å². The quantitative estimate of drug-likeness (QED) is 0.212. The van der Waals surface area contributed by atoms with E-state index in [1.165, 1.54) is 0 Å². The number of carboxylic acids is 2. The van der Waals surface area contributed by atoms with Crippen LogP contribution in [0.15, 0.2) is 0 Å². The van der Waals surface area contributed by atoms with Gasteiger partial charge in [-0.3, -0.25) is 29.2 Å². The van der Waals surface area contributed by atoms with E-state index in [0.717, 1.165) is 44.9 Å². The van der Waals surface area contributed by atoms with Crippen molar-refractivity contribution in [3.63, 3.8) is 0 Å². The van der Waals surface area contributed by atoms with Crippen molar-refractivity contribution in [2.45, 2.75) is 226 Å². The van der Waals surface area contributed by atoms with E-state index in [4.69, 9.17) is 0 Å². The van der Waals surface area contributed by atoms with Crippen LogP contribution in [-0.2, 0) is 9.59 Å². The van der Waals surface area contributed by atoms with Gasteiger partial charge in [-0.2, -0.15) is 0 Å². The summed E-state index contributed by atoms with van der Waals surface area (Å²) in [5.41, 5.74) is -2.77. The average molecular weight is 773 g/mol. The van der Waals surface area contributed by atoms with Crippen LogP contribution in [-0.4, -0.2) is 114 Å². The van der Waals surface area contributed by atoms with Crippen molar-refractivity contribution in [2.24, 2.45) is 34.5 Å². The normalized spacial score (nSPS) is 29.6. The molecule has 2 N–H and O–H groups in total. The molecule has 320 valence electrons. The van der Waals surface area contributed by atoms with E-state index in [2.05, 4.69) is 159 Å². The number of hydrogen-bond acceptors (Lipinski definition) is 6. The molecule has 0 aromatic rings. The molecule has 4 rings (SSSR count). The lowest BCUT2D eigenvalue weighted by molar-refractivity contribution is -0.180. The molecule has 0 aliphatic carbocycles. The van der Waals surface area contributed by atoms with E-state index in [0.29, 0.717) is 37.0 Å². The monoisotopic (exact) mass is 773 g/mol. The van der Waals surface area contributed by atoms with Gasteiger partial charge in [-0.25, -0.2) is 0 Å². The van der Waals surface area contributed by atoms with Gasteiger partial charge >= 0.3 is 11.9 Å². The minimum atomic E-state index is -1.84. The summed E-state index contributed by atoms with van der Waals surface area (Å²) in [6.07, 6.45) is 9.17. The minimum absolute atomic E-state index is 0.0260. The van der Waals surface area contributed by atoms with Crippen LogP contribution in [0.3, 0.4) is 0 Å². The highest BCUT2D eigenvalue weighted by Gasteiger charge is 2.63. The Labute approximate surface area is 338 Å². The smallest absolute Gasteiger partial charge is 0.321 e. The number of nitrogens with zero attached hydrogens (tertiary/aromatic N) is 4. The van der Waals surface area contributed by atoms with E-state index in [-0.39, 0.29) is 56.1 Å². The number of hydrogen-bond donors (Lipinski definition) is 2. The van der Waals surface area contributed by atoms with Crippen molar-refractivity contribution in [2.75, 3.05) is 28.2 Å². The zero-order valence-corrected chi connectivity index (χ0v) is 39.6. The molecule has 4 aliphatic heterocycles. The van der Waals surface area contributed by atoms with E-state index in [1.807, 2.05) is 0 Å². The lowest BCUT2D eigenvalue weighted by atomic mass is 9.45. The molecule has 0 unspecified atom stereocenters. The van der Waals surface area contributed by atoms with Crippen LogP contribution in [0.2, 0.25) is 0 Å². The highest BCUT2D eigenvalue weighted by Crippen LogP contribution is 2.65. The Morgan fingerprint density at radius 1 is 0.418 bits per heavy atom. The summed E-state index contributed by atoms with van der Waals surface area (Å²) in [4.78, 5) is 37.6. The molecule has 0 amide bonds. The Balaban J connectivity index is 1.97. The molecule has 4 saturated heterocycles. The molecular weight excluding hydrogens is 685 g/mol. The highest BCUT2D eigenvalue weighted by atomic mass is 16.4. The number of carboxylic acid groups (broad SMARTS) is 2. The van der Waals surface area contributed by atoms with Crippen LogP contribution in [0.5, 0.6) is 0 Å². The zero-order chi connectivity index (χ0) is 42.6. The Morgan fingerprint density at radius 2 is 0.618 bits per heavy atom. The third-order valence-corrected chi connectivity index (χ3v) is 18.2. The molecule has 0 bridgehead atoms. The maximum atomic E-state index is 13.7. The molecule has 0 radical (unpaired) electrons. The van der Waals surface area contributed by atoms with E-state index >= 15 is 0 Å². The summed E-state index contributed by atoms with van der Waals surface area (Å²) in [5.74, 6) is -1.58. The molecule has 55 heavy (non-hydrogen) atoms. The third-order valence-electron chi connectivity index (χ3n) is 18.2. The number of aliphatic carboxylic acids is 2. The number of piperidine rings is 4. The molecule has 4 aliphatic rings. The molecule has 8 heteroatoms. The van der Waals surface area contributed by atoms with Crippen molar-refractivity contribution in [3.05, 3.63) is 0 Å². The first kappa shape index (κ1) is 46.5. The zero-order valence-electron chi connectivity index (χ0n) is 39.6. The summed E-state index contributed by atoms with van der Waals surface area (Å²) < 4.78 is 0.